The van der Waals surface area contributed by atoms with E-state index in [2.05, 4.69) is 21.2 Å². The molecule has 0 bridgehead atoms. The molecular weight excluding hydrogens is 226 g/mol. The molecular formula is C7H6BrNO3. The molecule has 0 fully saturated rings. The lowest BCUT2D eigenvalue weighted by atomic mass is 10.2. The van der Waals surface area contributed by atoms with E-state index in [1.54, 1.807) is 12.2 Å². The van der Waals surface area contributed by atoms with Gasteiger partial charge in [-0.05, 0) is 28.1 Å². The van der Waals surface area contributed by atoms with Crippen LogP contribution in [0.5, 0.6) is 0 Å². The van der Waals surface area contributed by atoms with Crippen molar-refractivity contribution < 1.29 is 14.6 Å². The summed E-state index contributed by atoms with van der Waals surface area (Å²) in [7, 11) is 0. The van der Waals surface area contributed by atoms with Crippen molar-refractivity contribution in [3.05, 3.63) is 22.5 Å². The van der Waals surface area contributed by atoms with Crippen LogP contribution in [-0.2, 0) is 9.53 Å². The molecule has 0 aliphatic carbocycles. The van der Waals surface area contributed by atoms with Crippen LogP contribution in [0.2, 0.25) is 0 Å². The molecule has 0 saturated heterocycles. The van der Waals surface area contributed by atoms with E-state index in [0.29, 0.717) is 4.67 Å². The van der Waals surface area contributed by atoms with Gasteiger partial charge in [0.15, 0.2) is 4.67 Å². The standard InChI is InChI=1S/C7H6BrNO3/c8-6-2-3-5(12-6)1-4(9-3)7(10)11/h1-3,5,9H,(H,10,11)/t3-,5-/m0/s1. The van der Waals surface area contributed by atoms with E-state index < -0.39 is 5.97 Å². The zero-order valence-electron chi connectivity index (χ0n) is 5.95. The van der Waals surface area contributed by atoms with Crippen LogP contribution in [0.3, 0.4) is 0 Å². The number of halogens is 1. The quantitative estimate of drug-likeness (QED) is 0.693. The molecule has 0 aromatic heterocycles. The number of ether oxygens (including phenoxy) is 1. The lowest BCUT2D eigenvalue weighted by molar-refractivity contribution is -0.133. The van der Waals surface area contributed by atoms with E-state index in [0.717, 1.165) is 0 Å². The summed E-state index contributed by atoms with van der Waals surface area (Å²) in [5.41, 5.74) is 0.209. The predicted octanol–water partition coefficient (Wildman–Crippen LogP) is 0.562. The van der Waals surface area contributed by atoms with Crippen LogP contribution >= 0.6 is 15.9 Å². The number of nitrogens with one attached hydrogen (secondary N) is 1. The molecule has 0 aromatic carbocycles. The Kier molecular flexibility index (Phi) is 1.61. The minimum Gasteiger partial charge on any atom is -0.477 e. The molecule has 2 rings (SSSR count). The smallest absolute Gasteiger partial charge is 0.351 e. The number of carbonyl (C=O) groups is 1. The van der Waals surface area contributed by atoms with Crippen molar-refractivity contribution in [2.75, 3.05) is 0 Å². The SMILES string of the molecule is O=C(O)C1=C[C@@H]2OC(Br)=C[C@@H]2N1. The Balaban J connectivity index is 2.14. The molecule has 2 heterocycles. The highest BCUT2D eigenvalue weighted by Gasteiger charge is 2.34. The molecule has 5 heteroatoms. The zero-order valence-corrected chi connectivity index (χ0v) is 7.54. The number of rotatable bonds is 1. The molecule has 0 aromatic rings. The second kappa shape index (κ2) is 2.52. The monoisotopic (exact) mass is 231 g/mol. The first kappa shape index (κ1) is 7.67. The van der Waals surface area contributed by atoms with Crippen LogP contribution < -0.4 is 5.32 Å². The Morgan fingerprint density at radius 3 is 3.00 bits per heavy atom. The number of carboxylic acid groups (broad SMARTS) is 1. The topological polar surface area (TPSA) is 58.6 Å². The molecule has 2 aliphatic rings. The number of carboxylic acids is 1. The summed E-state index contributed by atoms with van der Waals surface area (Å²) < 4.78 is 5.90. The van der Waals surface area contributed by atoms with Crippen molar-refractivity contribution in [1.82, 2.24) is 5.32 Å². The summed E-state index contributed by atoms with van der Waals surface area (Å²) in [6.45, 7) is 0. The first-order valence-electron chi connectivity index (χ1n) is 3.42. The lowest BCUT2D eigenvalue weighted by Crippen LogP contribution is -2.28. The van der Waals surface area contributed by atoms with Gasteiger partial charge < -0.3 is 15.2 Å². The summed E-state index contributed by atoms with van der Waals surface area (Å²) in [5.74, 6) is -0.947. The first-order valence-corrected chi connectivity index (χ1v) is 4.22. The Morgan fingerprint density at radius 2 is 2.42 bits per heavy atom. The summed E-state index contributed by atoms with van der Waals surface area (Å²) >= 11 is 3.17. The molecule has 2 atom stereocenters. The summed E-state index contributed by atoms with van der Waals surface area (Å²) in [6, 6.07) is -0.0366. The van der Waals surface area contributed by atoms with Gasteiger partial charge in [-0.15, -0.1) is 0 Å². The Hall–Kier alpha value is -0.970. The third-order valence-electron chi connectivity index (χ3n) is 1.80. The van der Waals surface area contributed by atoms with Gasteiger partial charge in [-0.3, -0.25) is 0 Å². The van der Waals surface area contributed by atoms with Crippen LogP contribution in [0.4, 0.5) is 0 Å². The van der Waals surface area contributed by atoms with E-state index >= 15 is 0 Å². The number of hydrogen-bond donors (Lipinski definition) is 2. The van der Waals surface area contributed by atoms with Gasteiger partial charge in [-0.2, -0.15) is 0 Å². The molecule has 0 radical (unpaired) electrons. The van der Waals surface area contributed by atoms with Crippen molar-refractivity contribution in [2.24, 2.45) is 0 Å². The van der Waals surface area contributed by atoms with Gasteiger partial charge in [-0.25, -0.2) is 4.79 Å². The van der Waals surface area contributed by atoms with Crippen molar-refractivity contribution in [3.8, 4) is 0 Å². The maximum Gasteiger partial charge on any atom is 0.351 e. The highest BCUT2D eigenvalue weighted by molar-refractivity contribution is 9.11. The van der Waals surface area contributed by atoms with Gasteiger partial charge in [0.2, 0.25) is 0 Å². The first-order chi connectivity index (χ1) is 5.66. The molecule has 12 heavy (non-hydrogen) atoms. The highest BCUT2D eigenvalue weighted by Crippen LogP contribution is 2.27. The van der Waals surface area contributed by atoms with E-state index in [1.165, 1.54) is 0 Å². The van der Waals surface area contributed by atoms with Gasteiger partial charge in [-0.1, -0.05) is 0 Å². The average molecular weight is 232 g/mol. The van der Waals surface area contributed by atoms with Crippen molar-refractivity contribution in [1.29, 1.82) is 0 Å². The second-order valence-corrected chi connectivity index (χ2v) is 3.39. The molecule has 0 saturated carbocycles. The van der Waals surface area contributed by atoms with Crippen LogP contribution in [0, 0.1) is 0 Å². The van der Waals surface area contributed by atoms with Crippen molar-refractivity contribution in [2.45, 2.75) is 12.1 Å². The van der Waals surface area contributed by atoms with Crippen LogP contribution in [0.15, 0.2) is 22.5 Å². The molecule has 0 amide bonds. The van der Waals surface area contributed by atoms with Gasteiger partial charge in [0.25, 0.3) is 0 Å². The van der Waals surface area contributed by atoms with Crippen LogP contribution in [-0.4, -0.2) is 23.2 Å². The van der Waals surface area contributed by atoms with E-state index in [-0.39, 0.29) is 17.8 Å². The Bertz CT molecular complexity index is 297. The molecule has 4 nitrogen and oxygen atoms in total. The van der Waals surface area contributed by atoms with E-state index in [9.17, 15) is 4.79 Å². The predicted molar refractivity (Wildman–Crippen MR) is 44.5 cm³/mol. The fraction of sp³-hybridized carbons (Fsp3) is 0.286. The van der Waals surface area contributed by atoms with E-state index in [4.69, 9.17) is 9.84 Å². The molecule has 0 unspecified atom stereocenters. The van der Waals surface area contributed by atoms with Gasteiger partial charge in [0.1, 0.15) is 11.8 Å². The van der Waals surface area contributed by atoms with Gasteiger partial charge in [0, 0.05) is 0 Å². The second-order valence-electron chi connectivity index (χ2n) is 2.61. The van der Waals surface area contributed by atoms with Crippen LogP contribution in [0.25, 0.3) is 0 Å². The Labute approximate surface area is 77.0 Å². The maximum absolute atomic E-state index is 10.5. The highest BCUT2D eigenvalue weighted by atomic mass is 79.9. The van der Waals surface area contributed by atoms with Crippen molar-refractivity contribution in [3.63, 3.8) is 0 Å². The molecule has 2 aliphatic heterocycles. The minimum absolute atomic E-state index is 0.0366. The lowest BCUT2D eigenvalue weighted by Gasteiger charge is -2.07. The third-order valence-corrected chi connectivity index (χ3v) is 2.25. The normalized spacial score (nSPS) is 31.4. The Morgan fingerprint density at radius 1 is 1.67 bits per heavy atom. The van der Waals surface area contributed by atoms with Crippen molar-refractivity contribution >= 4 is 21.9 Å². The number of fused-ring (bicyclic) bond motifs is 1. The van der Waals surface area contributed by atoms with E-state index in [1.807, 2.05) is 0 Å². The van der Waals surface area contributed by atoms with Crippen LogP contribution in [0.1, 0.15) is 0 Å². The average Bonchev–Trinajstić information content (AvgIpc) is 2.42. The summed E-state index contributed by atoms with van der Waals surface area (Å²) in [6.07, 6.45) is 3.19. The minimum atomic E-state index is -0.947. The number of aliphatic carboxylic acids is 1. The number of hydrogen-bond acceptors (Lipinski definition) is 3. The fourth-order valence-electron chi connectivity index (χ4n) is 1.27. The summed E-state index contributed by atoms with van der Waals surface area (Å²) in [4.78, 5) is 10.5. The zero-order chi connectivity index (χ0) is 8.72. The maximum atomic E-state index is 10.5. The molecule has 64 valence electrons. The van der Waals surface area contributed by atoms with Gasteiger partial charge >= 0.3 is 5.97 Å². The molecule has 2 N–H and O–H groups in total. The third kappa shape index (κ3) is 1.10. The summed E-state index contributed by atoms with van der Waals surface area (Å²) in [5, 5.41) is 11.4. The largest absolute Gasteiger partial charge is 0.477 e. The molecule has 0 spiro atoms. The fourth-order valence-corrected chi connectivity index (χ4v) is 1.77. The van der Waals surface area contributed by atoms with Gasteiger partial charge in [0.05, 0.1) is 6.04 Å².